The molecular weight excluding hydrogens is 266 g/mol. The Kier molecular flexibility index (Phi) is 5.78. The Morgan fingerprint density at radius 2 is 1.67 bits per heavy atom. The molecule has 0 aliphatic heterocycles. The predicted molar refractivity (Wildman–Crippen MR) is 84.6 cm³/mol. The number of aliphatic hydroxyl groups excluding tert-OH is 1. The highest BCUT2D eigenvalue weighted by atomic mass is 16.4. The molecule has 1 aromatic carbocycles. The highest BCUT2D eigenvalue weighted by Gasteiger charge is 2.41. The summed E-state index contributed by atoms with van der Waals surface area (Å²) in [7, 11) is 0. The van der Waals surface area contributed by atoms with Crippen LogP contribution < -0.4 is 5.32 Å². The monoisotopic (exact) mass is 293 g/mol. The maximum absolute atomic E-state index is 11.2. The van der Waals surface area contributed by atoms with Crippen LogP contribution in [0.3, 0.4) is 0 Å². The van der Waals surface area contributed by atoms with Gasteiger partial charge in [0.05, 0.1) is 5.54 Å². The fourth-order valence-electron chi connectivity index (χ4n) is 2.75. The lowest BCUT2D eigenvalue weighted by molar-refractivity contribution is 0.114. The third kappa shape index (κ3) is 4.46. The lowest BCUT2D eigenvalue weighted by Gasteiger charge is -2.44. The first kappa shape index (κ1) is 17.5. The molecule has 0 aromatic heterocycles. The van der Waals surface area contributed by atoms with Gasteiger partial charge < -0.3 is 15.5 Å². The zero-order chi connectivity index (χ0) is 16.1. The number of rotatable bonds is 6. The molecule has 0 saturated heterocycles. The molecule has 1 atom stereocenters. The van der Waals surface area contributed by atoms with E-state index in [0.717, 1.165) is 17.5 Å². The average molecular weight is 293 g/mol. The van der Waals surface area contributed by atoms with Gasteiger partial charge in [0, 0.05) is 6.61 Å². The van der Waals surface area contributed by atoms with Crippen LogP contribution in [0, 0.1) is 5.41 Å². The number of benzene rings is 1. The van der Waals surface area contributed by atoms with Crippen molar-refractivity contribution in [1.82, 2.24) is 5.32 Å². The van der Waals surface area contributed by atoms with Crippen LogP contribution in [0.15, 0.2) is 24.3 Å². The maximum Gasteiger partial charge on any atom is 0.405 e. The van der Waals surface area contributed by atoms with Crippen LogP contribution in [0.5, 0.6) is 0 Å². The molecule has 4 nitrogen and oxygen atoms in total. The highest BCUT2D eigenvalue weighted by Crippen LogP contribution is 2.36. The van der Waals surface area contributed by atoms with Crippen molar-refractivity contribution in [2.24, 2.45) is 5.41 Å². The first-order chi connectivity index (χ1) is 9.74. The molecular formula is C17H27NO3. The Morgan fingerprint density at radius 3 is 2.05 bits per heavy atom. The summed E-state index contributed by atoms with van der Waals surface area (Å²) >= 11 is 0. The largest absolute Gasteiger partial charge is 0.465 e. The Balaban J connectivity index is 3.02. The molecule has 4 heteroatoms. The number of amides is 1. The Hall–Kier alpha value is -1.55. The number of hydrogen-bond acceptors (Lipinski definition) is 2. The summed E-state index contributed by atoms with van der Waals surface area (Å²) in [6.07, 6.45) is 1.04. The van der Waals surface area contributed by atoms with Gasteiger partial charge in [-0.25, -0.2) is 4.79 Å². The minimum absolute atomic E-state index is 0.140. The quantitative estimate of drug-likeness (QED) is 0.754. The molecule has 21 heavy (non-hydrogen) atoms. The molecule has 0 aliphatic carbocycles. The van der Waals surface area contributed by atoms with Crippen LogP contribution in [0.25, 0.3) is 0 Å². The van der Waals surface area contributed by atoms with Crippen molar-refractivity contribution in [3.8, 4) is 0 Å². The minimum Gasteiger partial charge on any atom is -0.465 e. The van der Waals surface area contributed by atoms with Crippen LogP contribution in [-0.4, -0.2) is 28.5 Å². The molecule has 1 aromatic rings. The van der Waals surface area contributed by atoms with E-state index >= 15 is 0 Å². The summed E-state index contributed by atoms with van der Waals surface area (Å²) in [4.78, 5) is 11.2. The summed E-state index contributed by atoms with van der Waals surface area (Å²) < 4.78 is 0. The Labute approximate surface area is 127 Å². The molecule has 1 amide bonds. The normalized spacial score (nSPS) is 14.5. The van der Waals surface area contributed by atoms with Crippen molar-refractivity contribution >= 4 is 6.09 Å². The summed E-state index contributed by atoms with van der Waals surface area (Å²) in [5.74, 6) is 0. The molecule has 0 fully saturated rings. The smallest absolute Gasteiger partial charge is 0.405 e. The van der Waals surface area contributed by atoms with E-state index in [2.05, 4.69) is 26.1 Å². The molecule has 0 radical (unpaired) electrons. The predicted octanol–water partition coefficient (Wildman–Crippen LogP) is 3.23. The standard InChI is InChI=1S/C17H27NO3/c1-5-17(16(2,3)4,18-15(20)21)12-14-8-6-13(7-9-14)10-11-19/h6-9,18-19H,5,10-12H2,1-4H3,(H,20,21). The second kappa shape index (κ2) is 6.94. The average Bonchev–Trinajstić information content (AvgIpc) is 2.38. The van der Waals surface area contributed by atoms with Crippen molar-refractivity contribution in [1.29, 1.82) is 0 Å². The molecule has 0 heterocycles. The lowest BCUT2D eigenvalue weighted by Crippen LogP contribution is -2.57. The van der Waals surface area contributed by atoms with Crippen LogP contribution >= 0.6 is 0 Å². The van der Waals surface area contributed by atoms with Crippen molar-refractivity contribution < 1.29 is 15.0 Å². The minimum atomic E-state index is -0.983. The first-order valence-corrected chi connectivity index (χ1v) is 7.44. The van der Waals surface area contributed by atoms with E-state index in [9.17, 15) is 9.90 Å². The maximum atomic E-state index is 11.2. The van der Waals surface area contributed by atoms with Gasteiger partial charge in [-0.15, -0.1) is 0 Å². The molecule has 1 unspecified atom stereocenters. The zero-order valence-corrected chi connectivity index (χ0v) is 13.4. The fraction of sp³-hybridized carbons (Fsp3) is 0.588. The second-order valence-electron chi connectivity index (χ2n) is 6.58. The number of aliphatic hydroxyl groups is 1. The number of carbonyl (C=O) groups is 1. The van der Waals surface area contributed by atoms with E-state index in [0.29, 0.717) is 12.8 Å². The molecule has 0 spiro atoms. The Morgan fingerprint density at radius 1 is 1.14 bits per heavy atom. The van der Waals surface area contributed by atoms with Gasteiger partial charge in [0.15, 0.2) is 0 Å². The van der Waals surface area contributed by atoms with E-state index < -0.39 is 11.6 Å². The molecule has 0 bridgehead atoms. The van der Waals surface area contributed by atoms with Gasteiger partial charge in [0.2, 0.25) is 0 Å². The topological polar surface area (TPSA) is 69.6 Å². The van der Waals surface area contributed by atoms with Gasteiger partial charge in [-0.1, -0.05) is 52.0 Å². The summed E-state index contributed by atoms with van der Waals surface area (Å²) in [5.41, 5.74) is 1.49. The molecule has 0 saturated carbocycles. The van der Waals surface area contributed by atoms with Crippen LogP contribution in [-0.2, 0) is 12.8 Å². The molecule has 3 N–H and O–H groups in total. The van der Waals surface area contributed by atoms with Gasteiger partial charge in [-0.05, 0) is 35.8 Å². The highest BCUT2D eigenvalue weighted by molar-refractivity contribution is 5.66. The van der Waals surface area contributed by atoms with Gasteiger partial charge in [0.1, 0.15) is 0 Å². The third-order valence-corrected chi connectivity index (χ3v) is 4.31. The third-order valence-electron chi connectivity index (χ3n) is 4.31. The van der Waals surface area contributed by atoms with Crippen LogP contribution in [0.1, 0.15) is 45.2 Å². The SMILES string of the molecule is CCC(Cc1ccc(CCO)cc1)(NC(=O)O)C(C)(C)C. The molecule has 0 aliphatic rings. The van der Waals surface area contributed by atoms with E-state index in [-0.39, 0.29) is 12.0 Å². The van der Waals surface area contributed by atoms with Crippen LogP contribution in [0.2, 0.25) is 0 Å². The van der Waals surface area contributed by atoms with Crippen LogP contribution in [0.4, 0.5) is 4.79 Å². The summed E-state index contributed by atoms with van der Waals surface area (Å²) in [6.45, 7) is 8.34. The summed E-state index contributed by atoms with van der Waals surface area (Å²) in [6, 6.07) is 8.03. The van der Waals surface area contributed by atoms with Gasteiger partial charge in [-0.3, -0.25) is 0 Å². The first-order valence-electron chi connectivity index (χ1n) is 7.44. The van der Waals surface area contributed by atoms with E-state index in [1.807, 2.05) is 31.2 Å². The number of hydrogen-bond donors (Lipinski definition) is 3. The number of nitrogens with one attached hydrogen (secondary N) is 1. The second-order valence-corrected chi connectivity index (χ2v) is 6.58. The van der Waals surface area contributed by atoms with E-state index in [1.165, 1.54) is 0 Å². The van der Waals surface area contributed by atoms with Gasteiger partial charge >= 0.3 is 6.09 Å². The van der Waals surface area contributed by atoms with E-state index in [4.69, 9.17) is 5.11 Å². The van der Waals surface area contributed by atoms with E-state index in [1.54, 1.807) is 0 Å². The van der Waals surface area contributed by atoms with Crippen molar-refractivity contribution in [3.63, 3.8) is 0 Å². The van der Waals surface area contributed by atoms with Crippen molar-refractivity contribution in [3.05, 3.63) is 35.4 Å². The summed E-state index contributed by atoms with van der Waals surface area (Å²) in [5, 5.41) is 20.9. The molecule has 1 rings (SSSR count). The Bertz CT molecular complexity index is 462. The van der Waals surface area contributed by atoms with Crippen molar-refractivity contribution in [2.45, 2.75) is 52.5 Å². The molecule has 118 valence electrons. The fourth-order valence-corrected chi connectivity index (χ4v) is 2.75. The van der Waals surface area contributed by atoms with Gasteiger partial charge in [-0.2, -0.15) is 0 Å². The lowest BCUT2D eigenvalue weighted by atomic mass is 9.68. The number of carboxylic acid groups (broad SMARTS) is 1. The zero-order valence-electron chi connectivity index (χ0n) is 13.4. The van der Waals surface area contributed by atoms with Gasteiger partial charge in [0.25, 0.3) is 0 Å². The van der Waals surface area contributed by atoms with Crippen molar-refractivity contribution in [2.75, 3.05) is 6.61 Å².